The molecule has 0 spiro atoms. The summed E-state index contributed by atoms with van der Waals surface area (Å²) in [7, 11) is 0. The minimum absolute atomic E-state index is 0.689. The molecule has 0 radical (unpaired) electrons. The van der Waals surface area contributed by atoms with Crippen LogP contribution >= 0.6 is 11.6 Å². The van der Waals surface area contributed by atoms with E-state index in [0.29, 0.717) is 6.54 Å². The second-order valence-electron chi connectivity index (χ2n) is 4.64. The molecule has 0 fully saturated rings. The Morgan fingerprint density at radius 2 is 1.67 bits per heavy atom. The van der Waals surface area contributed by atoms with Gasteiger partial charge >= 0.3 is 0 Å². The third-order valence-corrected chi connectivity index (χ3v) is 3.30. The first-order chi connectivity index (χ1) is 10.3. The van der Waals surface area contributed by atoms with Gasteiger partial charge in [-0.25, -0.2) is 9.97 Å². The van der Waals surface area contributed by atoms with E-state index >= 15 is 0 Å². The third kappa shape index (κ3) is 3.58. The molecule has 3 aromatic rings. The summed E-state index contributed by atoms with van der Waals surface area (Å²) in [6.45, 7) is 0.689. The summed E-state index contributed by atoms with van der Waals surface area (Å²) in [6, 6.07) is 17.7. The Bertz CT molecular complexity index is 712. The molecule has 2 aromatic carbocycles. The quantitative estimate of drug-likeness (QED) is 0.775. The number of aromatic nitrogens is 2. The fourth-order valence-electron chi connectivity index (χ4n) is 2.01. The molecule has 21 heavy (non-hydrogen) atoms. The van der Waals surface area contributed by atoms with E-state index in [4.69, 9.17) is 11.6 Å². The summed E-state index contributed by atoms with van der Waals surface area (Å²) in [5, 5.41) is 4.02. The summed E-state index contributed by atoms with van der Waals surface area (Å²) in [5.74, 6) is 0.726. The van der Waals surface area contributed by atoms with Gasteiger partial charge in [-0.05, 0) is 17.7 Å². The van der Waals surface area contributed by atoms with Crippen molar-refractivity contribution in [1.29, 1.82) is 0 Å². The van der Waals surface area contributed by atoms with Crippen LogP contribution in [0, 0.1) is 0 Å². The van der Waals surface area contributed by atoms with Crippen LogP contribution in [0.2, 0.25) is 5.02 Å². The van der Waals surface area contributed by atoms with Crippen LogP contribution in [-0.2, 0) is 6.54 Å². The molecular weight excluding hydrogens is 282 g/mol. The zero-order valence-electron chi connectivity index (χ0n) is 11.3. The zero-order chi connectivity index (χ0) is 14.5. The van der Waals surface area contributed by atoms with Crippen molar-refractivity contribution in [2.75, 3.05) is 5.32 Å². The molecule has 104 valence electrons. The molecule has 0 aliphatic carbocycles. The molecule has 4 heteroatoms. The van der Waals surface area contributed by atoms with Gasteiger partial charge in [-0.1, -0.05) is 54.1 Å². The van der Waals surface area contributed by atoms with Gasteiger partial charge in [-0.15, -0.1) is 0 Å². The predicted octanol–water partition coefficient (Wildman–Crippen LogP) is 4.41. The molecule has 0 aliphatic heterocycles. The molecule has 0 saturated heterocycles. The maximum Gasteiger partial charge on any atom is 0.159 e. The maximum absolute atomic E-state index is 5.96. The van der Waals surface area contributed by atoms with Crippen molar-refractivity contribution in [3.8, 4) is 11.4 Å². The summed E-state index contributed by atoms with van der Waals surface area (Å²) < 4.78 is 0. The Morgan fingerprint density at radius 3 is 2.38 bits per heavy atom. The number of nitrogens with one attached hydrogen (secondary N) is 1. The summed E-state index contributed by atoms with van der Waals surface area (Å²) in [6.07, 6.45) is 3.58. The highest BCUT2D eigenvalue weighted by Crippen LogP contribution is 2.16. The molecule has 3 nitrogen and oxygen atoms in total. The SMILES string of the molecule is Clc1cccc(CNc2cnc(-c3ccccc3)nc2)c1. The van der Waals surface area contributed by atoms with Gasteiger partial charge in [-0.3, -0.25) is 0 Å². The van der Waals surface area contributed by atoms with E-state index in [1.165, 1.54) is 0 Å². The molecule has 0 atom stereocenters. The van der Waals surface area contributed by atoms with Crippen LogP contribution in [0.3, 0.4) is 0 Å². The van der Waals surface area contributed by atoms with E-state index in [2.05, 4.69) is 15.3 Å². The number of rotatable bonds is 4. The van der Waals surface area contributed by atoms with Crippen molar-refractivity contribution in [3.05, 3.63) is 77.6 Å². The Hall–Kier alpha value is -2.39. The van der Waals surface area contributed by atoms with Crippen LogP contribution in [0.25, 0.3) is 11.4 Å². The predicted molar refractivity (Wildman–Crippen MR) is 86.2 cm³/mol. The first-order valence-corrected chi connectivity index (χ1v) is 7.05. The maximum atomic E-state index is 5.96. The van der Waals surface area contributed by atoms with Crippen LogP contribution in [0.15, 0.2) is 67.0 Å². The third-order valence-electron chi connectivity index (χ3n) is 3.07. The van der Waals surface area contributed by atoms with Crippen molar-refractivity contribution >= 4 is 17.3 Å². The molecule has 0 saturated carbocycles. The number of hydrogen-bond acceptors (Lipinski definition) is 3. The van der Waals surface area contributed by atoms with Crippen LogP contribution in [-0.4, -0.2) is 9.97 Å². The van der Waals surface area contributed by atoms with E-state index in [9.17, 15) is 0 Å². The normalized spacial score (nSPS) is 10.3. The van der Waals surface area contributed by atoms with Gasteiger partial charge in [0.15, 0.2) is 5.82 Å². The molecule has 1 heterocycles. The standard InChI is InChI=1S/C17H14ClN3/c18-15-8-4-5-13(9-15)10-19-16-11-20-17(21-12-16)14-6-2-1-3-7-14/h1-9,11-12,19H,10H2. The average molecular weight is 296 g/mol. The average Bonchev–Trinajstić information content (AvgIpc) is 2.54. The van der Waals surface area contributed by atoms with Crippen molar-refractivity contribution in [1.82, 2.24) is 9.97 Å². The number of benzene rings is 2. The minimum atomic E-state index is 0.689. The van der Waals surface area contributed by atoms with Crippen molar-refractivity contribution in [2.24, 2.45) is 0 Å². The molecule has 0 unspecified atom stereocenters. The van der Waals surface area contributed by atoms with Gasteiger partial charge in [0.05, 0.1) is 18.1 Å². The minimum Gasteiger partial charge on any atom is -0.378 e. The zero-order valence-corrected chi connectivity index (χ0v) is 12.1. The smallest absolute Gasteiger partial charge is 0.159 e. The lowest BCUT2D eigenvalue weighted by molar-refractivity contribution is 1.11. The largest absolute Gasteiger partial charge is 0.378 e. The topological polar surface area (TPSA) is 37.8 Å². The lowest BCUT2D eigenvalue weighted by atomic mass is 10.2. The first-order valence-electron chi connectivity index (χ1n) is 6.67. The Kier molecular flexibility index (Phi) is 4.12. The van der Waals surface area contributed by atoms with Crippen LogP contribution in [0.5, 0.6) is 0 Å². The number of hydrogen-bond donors (Lipinski definition) is 1. The Labute approximate surface area is 128 Å². The van der Waals surface area contributed by atoms with Crippen molar-refractivity contribution in [3.63, 3.8) is 0 Å². The Balaban J connectivity index is 1.68. The van der Waals surface area contributed by atoms with Gasteiger partial charge in [0.25, 0.3) is 0 Å². The van der Waals surface area contributed by atoms with E-state index in [1.807, 2.05) is 54.6 Å². The molecule has 3 rings (SSSR count). The molecule has 1 aromatic heterocycles. The van der Waals surface area contributed by atoms with Crippen LogP contribution in [0.4, 0.5) is 5.69 Å². The lowest BCUT2D eigenvalue weighted by Gasteiger charge is -2.07. The van der Waals surface area contributed by atoms with Crippen molar-refractivity contribution < 1.29 is 0 Å². The van der Waals surface area contributed by atoms with Crippen LogP contribution < -0.4 is 5.32 Å². The highest BCUT2D eigenvalue weighted by Gasteiger charge is 2.01. The second kappa shape index (κ2) is 6.37. The van der Waals surface area contributed by atoms with Gasteiger partial charge in [0, 0.05) is 17.1 Å². The summed E-state index contributed by atoms with van der Waals surface area (Å²) in [4.78, 5) is 8.76. The van der Waals surface area contributed by atoms with Crippen molar-refractivity contribution in [2.45, 2.75) is 6.54 Å². The first kappa shape index (κ1) is 13.6. The highest BCUT2D eigenvalue weighted by molar-refractivity contribution is 6.30. The van der Waals surface area contributed by atoms with Gasteiger partial charge in [0.2, 0.25) is 0 Å². The van der Waals surface area contributed by atoms with E-state index in [-0.39, 0.29) is 0 Å². The highest BCUT2D eigenvalue weighted by atomic mass is 35.5. The van der Waals surface area contributed by atoms with Crippen LogP contribution in [0.1, 0.15) is 5.56 Å². The fourth-order valence-corrected chi connectivity index (χ4v) is 2.22. The Morgan fingerprint density at radius 1 is 0.905 bits per heavy atom. The van der Waals surface area contributed by atoms with E-state index in [1.54, 1.807) is 12.4 Å². The molecule has 0 aliphatic rings. The molecular formula is C17H14ClN3. The molecule has 0 amide bonds. The van der Waals surface area contributed by atoms with Gasteiger partial charge in [0.1, 0.15) is 0 Å². The van der Waals surface area contributed by atoms with Gasteiger partial charge in [-0.2, -0.15) is 0 Å². The fraction of sp³-hybridized carbons (Fsp3) is 0.0588. The number of anilines is 1. The molecule has 0 bridgehead atoms. The number of nitrogens with zero attached hydrogens (tertiary/aromatic N) is 2. The van der Waals surface area contributed by atoms with E-state index < -0.39 is 0 Å². The molecule has 1 N–H and O–H groups in total. The summed E-state index contributed by atoms with van der Waals surface area (Å²) in [5.41, 5.74) is 3.02. The second-order valence-corrected chi connectivity index (χ2v) is 5.08. The monoisotopic (exact) mass is 295 g/mol. The summed E-state index contributed by atoms with van der Waals surface area (Å²) >= 11 is 5.96. The lowest BCUT2D eigenvalue weighted by Crippen LogP contribution is -2.01. The number of halogens is 1. The van der Waals surface area contributed by atoms with E-state index in [0.717, 1.165) is 27.7 Å². The van der Waals surface area contributed by atoms with Gasteiger partial charge < -0.3 is 5.32 Å².